The van der Waals surface area contributed by atoms with Crippen molar-refractivity contribution < 1.29 is 4.79 Å². The molecule has 1 aromatic carbocycles. The van der Waals surface area contributed by atoms with Gasteiger partial charge in [0.15, 0.2) is 0 Å². The predicted octanol–water partition coefficient (Wildman–Crippen LogP) is 4.01. The van der Waals surface area contributed by atoms with Gasteiger partial charge < -0.3 is 10.6 Å². The third-order valence-corrected chi connectivity index (χ3v) is 5.58. The van der Waals surface area contributed by atoms with Crippen LogP contribution in [0, 0.1) is 6.92 Å². The minimum Gasteiger partial charge on any atom is -0.370 e. The second-order valence-electron chi connectivity index (χ2n) is 8.18. The fourth-order valence-electron chi connectivity index (χ4n) is 3.82. The van der Waals surface area contributed by atoms with Crippen molar-refractivity contribution in [2.45, 2.75) is 57.4 Å². The molecule has 2 N–H and O–H groups in total. The number of aryl methyl sites for hydroxylation is 1. The summed E-state index contributed by atoms with van der Waals surface area (Å²) in [6.45, 7) is 2.81. The Morgan fingerprint density at radius 1 is 1.13 bits per heavy atom. The van der Waals surface area contributed by atoms with Gasteiger partial charge in [-0.2, -0.15) is 4.98 Å². The van der Waals surface area contributed by atoms with Crippen LogP contribution in [-0.2, 0) is 4.79 Å². The lowest BCUT2D eigenvalue weighted by Crippen LogP contribution is -2.26. The van der Waals surface area contributed by atoms with Crippen LogP contribution >= 0.6 is 0 Å². The first-order chi connectivity index (χ1) is 15.2. The highest BCUT2D eigenvalue weighted by molar-refractivity contribution is 5.76. The van der Waals surface area contributed by atoms with Gasteiger partial charge in [-0.05, 0) is 31.7 Å². The first-order valence-electron chi connectivity index (χ1n) is 11.1. The van der Waals surface area contributed by atoms with Crippen molar-refractivity contribution in [1.29, 1.82) is 0 Å². The lowest BCUT2D eigenvalue weighted by molar-refractivity contribution is -0.121. The van der Waals surface area contributed by atoms with Crippen LogP contribution in [-0.4, -0.2) is 38.0 Å². The van der Waals surface area contributed by atoms with Crippen molar-refractivity contribution >= 4 is 11.7 Å². The third-order valence-electron chi connectivity index (χ3n) is 5.58. The summed E-state index contributed by atoms with van der Waals surface area (Å²) in [7, 11) is 0. The Balaban J connectivity index is 1.08. The van der Waals surface area contributed by atoms with Gasteiger partial charge in [-0.15, -0.1) is 0 Å². The fourth-order valence-corrected chi connectivity index (χ4v) is 3.82. The summed E-state index contributed by atoms with van der Waals surface area (Å²) in [6.07, 6.45) is 11.1. The predicted molar refractivity (Wildman–Crippen MR) is 121 cm³/mol. The molecule has 0 spiro atoms. The largest absolute Gasteiger partial charge is 0.370 e. The number of unbranched alkanes of at least 4 members (excludes halogenated alkanes) is 3. The van der Waals surface area contributed by atoms with Gasteiger partial charge in [-0.1, -0.05) is 43.2 Å². The van der Waals surface area contributed by atoms with E-state index in [0.29, 0.717) is 24.3 Å². The summed E-state index contributed by atoms with van der Waals surface area (Å²) < 4.78 is 1.80. The molecule has 2 heterocycles. The number of anilines is 1. The lowest BCUT2D eigenvalue weighted by atomic mass is 10.1. The van der Waals surface area contributed by atoms with Crippen molar-refractivity contribution in [1.82, 2.24) is 24.8 Å². The van der Waals surface area contributed by atoms with Gasteiger partial charge in [0.2, 0.25) is 11.9 Å². The summed E-state index contributed by atoms with van der Waals surface area (Å²) in [4.78, 5) is 25.2. The van der Waals surface area contributed by atoms with Gasteiger partial charge in [-0.25, -0.2) is 9.97 Å². The van der Waals surface area contributed by atoms with E-state index in [0.717, 1.165) is 50.2 Å². The zero-order valence-corrected chi connectivity index (χ0v) is 18.0. The molecule has 1 aliphatic carbocycles. The fraction of sp³-hybridized carbons (Fsp3) is 0.417. The van der Waals surface area contributed by atoms with Crippen molar-refractivity contribution in [3.05, 3.63) is 66.4 Å². The molecule has 162 valence electrons. The van der Waals surface area contributed by atoms with Crippen LogP contribution in [0.3, 0.4) is 0 Å². The van der Waals surface area contributed by atoms with Crippen LogP contribution in [0.5, 0.6) is 0 Å². The van der Waals surface area contributed by atoms with Crippen LogP contribution in [0.15, 0.2) is 55.1 Å². The Bertz CT molecular complexity index is 973. The minimum atomic E-state index is 0.185. The highest BCUT2D eigenvalue weighted by atomic mass is 16.1. The summed E-state index contributed by atoms with van der Waals surface area (Å²) in [6, 6.07) is 12.7. The normalized spacial score (nSPS) is 17.3. The van der Waals surface area contributed by atoms with E-state index in [9.17, 15) is 4.79 Å². The molecular weight excluding hydrogens is 388 g/mol. The van der Waals surface area contributed by atoms with Crippen molar-refractivity contribution in [3.8, 4) is 5.95 Å². The average Bonchev–Trinajstić information content (AvgIpc) is 3.30. The van der Waals surface area contributed by atoms with E-state index >= 15 is 0 Å². The number of nitrogens with one attached hydrogen (secondary N) is 2. The van der Waals surface area contributed by atoms with Gasteiger partial charge >= 0.3 is 0 Å². The summed E-state index contributed by atoms with van der Waals surface area (Å²) in [5.74, 6) is 2.13. The molecule has 0 radical (unpaired) electrons. The molecule has 0 bridgehead atoms. The number of hydrogen-bond donors (Lipinski definition) is 2. The first-order valence-corrected chi connectivity index (χ1v) is 11.1. The van der Waals surface area contributed by atoms with Crippen molar-refractivity contribution in [2.75, 3.05) is 11.9 Å². The maximum atomic E-state index is 12.2. The number of imidazole rings is 1. The van der Waals surface area contributed by atoms with Gasteiger partial charge in [0, 0.05) is 49.1 Å². The van der Waals surface area contributed by atoms with Gasteiger partial charge in [0.1, 0.15) is 12.1 Å². The van der Waals surface area contributed by atoms with E-state index in [1.165, 1.54) is 5.56 Å². The van der Waals surface area contributed by atoms with E-state index < -0.39 is 0 Å². The van der Waals surface area contributed by atoms with E-state index in [1.807, 2.05) is 25.3 Å². The number of hydrogen-bond acceptors (Lipinski definition) is 5. The molecule has 3 aromatic rings. The second kappa shape index (κ2) is 10.2. The third kappa shape index (κ3) is 6.13. The molecule has 2 atom stereocenters. The number of rotatable bonds is 11. The lowest BCUT2D eigenvalue weighted by Gasteiger charge is -2.09. The van der Waals surface area contributed by atoms with Crippen LogP contribution in [0.2, 0.25) is 0 Å². The molecule has 0 aliphatic heterocycles. The molecule has 0 saturated heterocycles. The number of benzene rings is 1. The quantitative estimate of drug-likeness (QED) is 0.460. The standard InChI is InChI=1S/C24H30N6O/c1-18-15-22(29-24(27-18)30-14-13-25-17-30)26-12-8-3-2-7-11-23(31)28-21-16-20(21)19-9-5-4-6-10-19/h4-6,9-10,13-15,17,20-21H,2-3,7-8,11-12,16H2,1H3,(H,28,31)(H,26,27,29). The van der Waals surface area contributed by atoms with E-state index in [4.69, 9.17) is 0 Å². The molecule has 7 heteroatoms. The summed E-state index contributed by atoms with van der Waals surface area (Å²) in [5.41, 5.74) is 2.24. The first kappa shape index (κ1) is 21.0. The molecule has 1 aliphatic rings. The number of nitrogens with zero attached hydrogens (tertiary/aromatic N) is 4. The van der Waals surface area contributed by atoms with Gasteiger partial charge in [-0.3, -0.25) is 9.36 Å². The average molecular weight is 419 g/mol. The highest BCUT2D eigenvalue weighted by Gasteiger charge is 2.39. The summed E-state index contributed by atoms with van der Waals surface area (Å²) in [5, 5.41) is 6.55. The van der Waals surface area contributed by atoms with Crippen LogP contribution in [0.25, 0.3) is 5.95 Å². The topological polar surface area (TPSA) is 84.7 Å². The zero-order valence-electron chi connectivity index (χ0n) is 18.0. The molecule has 2 unspecified atom stereocenters. The Morgan fingerprint density at radius 3 is 2.77 bits per heavy atom. The Labute approximate surface area is 183 Å². The second-order valence-corrected chi connectivity index (χ2v) is 8.18. The number of amides is 1. The minimum absolute atomic E-state index is 0.185. The smallest absolute Gasteiger partial charge is 0.237 e. The highest BCUT2D eigenvalue weighted by Crippen LogP contribution is 2.40. The van der Waals surface area contributed by atoms with Crippen LogP contribution < -0.4 is 10.6 Å². The number of aromatic nitrogens is 4. The Hall–Kier alpha value is -3.22. The molecule has 1 amide bonds. The maximum absolute atomic E-state index is 12.2. The summed E-state index contributed by atoms with van der Waals surface area (Å²) >= 11 is 0. The Morgan fingerprint density at radius 2 is 1.97 bits per heavy atom. The zero-order chi connectivity index (χ0) is 21.5. The molecule has 1 saturated carbocycles. The molecule has 1 fully saturated rings. The number of carbonyl (C=O) groups is 1. The Kier molecular flexibility index (Phi) is 6.92. The van der Waals surface area contributed by atoms with Crippen LogP contribution in [0.1, 0.15) is 55.7 Å². The van der Waals surface area contributed by atoms with E-state index in [2.05, 4.69) is 49.9 Å². The maximum Gasteiger partial charge on any atom is 0.237 e. The van der Waals surface area contributed by atoms with Gasteiger partial charge in [0.25, 0.3) is 0 Å². The van der Waals surface area contributed by atoms with E-state index in [1.54, 1.807) is 17.1 Å². The van der Waals surface area contributed by atoms with E-state index in [-0.39, 0.29) is 5.91 Å². The van der Waals surface area contributed by atoms with Gasteiger partial charge in [0.05, 0.1) is 0 Å². The molecule has 31 heavy (non-hydrogen) atoms. The molecule has 4 rings (SSSR count). The van der Waals surface area contributed by atoms with Crippen molar-refractivity contribution in [3.63, 3.8) is 0 Å². The van der Waals surface area contributed by atoms with Crippen LogP contribution in [0.4, 0.5) is 5.82 Å². The molecular formula is C24H30N6O. The monoisotopic (exact) mass is 418 g/mol. The SMILES string of the molecule is Cc1cc(NCCCCCCC(=O)NC2CC2c2ccccc2)nc(-n2ccnc2)n1. The molecule has 2 aromatic heterocycles. The van der Waals surface area contributed by atoms with Crippen molar-refractivity contribution in [2.24, 2.45) is 0 Å². The number of carbonyl (C=O) groups excluding carboxylic acids is 1. The molecule has 7 nitrogen and oxygen atoms in total.